The molecule has 4 heteroatoms. The highest BCUT2D eigenvalue weighted by Gasteiger charge is 2.18. The van der Waals surface area contributed by atoms with Gasteiger partial charge in [-0.15, -0.1) is 0 Å². The maximum Gasteiger partial charge on any atom is 0.139 e. The van der Waals surface area contributed by atoms with E-state index in [0.717, 1.165) is 29.2 Å². The molecular weight excluding hydrogens is 238 g/mol. The van der Waals surface area contributed by atoms with Crippen molar-refractivity contribution < 1.29 is 4.42 Å². The van der Waals surface area contributed by atoms with Crippen molar-refractivity contribution in [2.24, 2.45) is 5.92 Å². The summed E-state index contributed by atoms with van der Waals surface area (Å²) in [4.78, 5) is 6.93. The van der Waals surface area contributed by atoms with E-state index in [1.54, 1.807) is 12.5 Å². The lowest BCUT2D eigenvalue weighted by Crippen LogP contribution is -2.35. The van der Waals surface area contributed by atoms with Crippen molar-refractivity contribution in [3.05, 3.63) is 24.6 Å². The Balaban J connectivity index is 1.59. The summed E-state index contributed by atoms with van der Waals surface area (Å²) in [6, 6.07) is 3.88. The third-order valence-corrected chi connectivity index (χ3v) is 4.09. The third-order valence-electron chi connectivity index (χ3n) is 4.09. The van der Waals surface area contributed by atoms with Gasteiger partial charge in [0.25, 0.3) is 0 Å². The molecule has 0 radical (unpaired) electrons. The molecule has 19 heavy (non-hydrogen) atoms. The fraction of sp³-hybridized carbons (Fsp3) is 0.533. The Labute approximate surface area is 113 Å². The molecule has 4 nitrogen and oxygen atoms in total. The summed E-state index contributed by atoms with van der Waals surface area (Å²) in [5, 5.41) is 4.56. The Hall–Kier alpha value is -1.55. The summed E-state index contributed by atoms with van der Waals surface area (Å²) in [6.07, 6.45) is 6.08. The van der Waals surface area contributed by atoms with E-state index in [-0.39, 0.29) is 0 Å². The third kappa shape index (κ3) is 2.73. The fourth-order valence-corrected chi connectivity index (χ4v) is 2.78. The van der Waals surface area contributed by atoms with Crippen LogP contribution in [0.2, 0.25) is 0 Å². The van der Waals surface area contributed by atoms with Crippen molar-refractivity contribution in [2.75, 3.05) is 31.5 Å². The molecular formula is C15H21N3O. The average molecular weight is 259 g/mol. The van der Waals surface area contributed by atoms with E-state index < -0.39 is 0 Å². The minimum atomic E-state index is 0.756. The van der Waals surface area contributed by atoms with E-state index in [1.165, 1.54) is 32.5 Å². The zero-order valence-corrected chi connectivity index (χ0v) is 11.4. The molecule has 2 aromatic heterocycles. The molecule has 1 aliphatic heterocycles. The van der Waals surface area contributed by atoms with Gasteiger partial charge in [0.05, 0.1) is 11.6 Å². The van der Waals surface area contributed by atoms with E-state index in [1.807, 2.05) is 12.1 Å². The summed E-state index contributed by atoms with van der Waals surface area (Å²) >= 11 is 0. The number of nitrogens with zero attached hydrogens (tertiary/aromatic N) is 2. The van der Waals surface area contributed by atoms with Crippen molar-refractivity contribution in [3.8, 4) is 0 Å². The predicted molar refractivity (Wildman–Crippen MR) is 77.3 cm³/mol. The number of furan rings is 1. The number of hydrogen-bond acceptors (Lipinski definition) is 4. The number of nitrogens with one attached hydrogen (secondary N) is 1. The van der Waals surface area contributed by atoms with E-state index >= 15 is 0 Å². The standard InChI is InChI=1S/C15H21N3O/c1-2-18-8-4-12(5-9-18)11-17-15-13-6-10-19-14(13)3-7-16-15/h3,6-7,10,12H,2,4-5,8-9,11H2,1H3,(H,16,17). The zero-order chi connectivity index (χ0) is 13.1. The normalized spacial score (nSPS) is 17.9. The summed E-state index contributed by atoms with van der Waals surface area (Å²) in [5.74, 6) is 1.70. The number of anilines is 1. The lowest BCUT2D eigenvalue weighted by molar-refractivity contribution is 0.198. The van der Waals surface area contributed by atoms with Crippen LogP contribution < -0.4 is 5.32 Å². The molecule has 0 unspecified atom stereocenters. The van der Waals surface area contributed by atoms with Crippen LogP contribution in [-0.2, 0) is 0 Å². The fourth-order valence-electron chi connectivity index (χ4n) is 2.78. The van der Waals surface area contributed by atoms with Crippen LogP contribution in [0.15, 0.2) is 29.0 Å². The average Bonchev–Trinajstić information content (AvgIpc) is 2.94. The minimum Gasteiger partial charge on any atom is -0.464 e. The van der Waals surface area contributed by atoms with Gasteiger partial charge in [-0.2, -0.15) is 0 Å². The number of pyridine rings is 1. The van der Waals surface area contributed by atoms with Gasteiger partial charge >= 0.3 is 0 Å². The minimum absolute atomic E-state index is 0.756. The Bertz CT molecular complexity index is 529. The molecule has 1 saturated heterocycles. The van der Waals surface area contributed by atoms with Gasteiger partial charge in [0.2, 0.25) is 0 Å². The van der Waals surface area contributed by atoms with Gasteiger partial charge in [-0.25, -0.2) is 4.98 Å². The molecule has 3 rings (SSSR count). The van der Waals surface area contributed by atoms with Crippen LogP contribution in [0.3, 0.4) is 0 Å². The molecule has 0 bridgehead atoms. The van der Waals surface area contributed by atoms with Gasteiger partial charge in [0.15, 0.2) is 0 Å². The van der Waals surface area contributed by atoms with Gasteiger partial charge in [-0.1, -0.05) is 6.92 Å². The van der Waals surface area contributed by atoms with E-state index in [2.05, 4.69) is 22.1 Å². The van der Waals surface area contributed by atoms with Crippen molar-refractivity contribution in [1.82, 2.24) is 9.88 Å². The highest BCUT2D eigenvalue weighted by Crippen LogP contribution is 2.23. The van der Waals surface area contributed by atoms with Crippen LogP contribution in [0, 0.1) is 5.92 Å². The van der Waals surface area contributed by atoms with E-state index in [4.69, 9.17) is 4.42 Å². The molecule has 1 aliphatic rings. The van der Waals surface area contributed by atoms with Crippen LogP contribution >= 0.6 is 0 Å². The molecule has 3 heterocycles. The van der Waals surface area contributed by atoms with Crippen molar-refractivity contribution in [1.29, 1.82) is 0 Å². The first-order valence-electron chi connectivity index (χ1n) is 7.15. The van der Waals surface area contributed by atoms with Crippen LogP contribution in [0.1, 0.15) is 19.8 Å². The molecule has 102 valence electrons. The SMILES string of the molecule is CCN1CCC(CNc2nccc3occc23)CC1. The molecule has 0 aromatic carbocycles. The van der Waals surface area contributed by atoms with Crippen LogP contribution in [0.25, 0.3) is 11.0 Å². The topological polar surface area (TPSA) is 41.3 Å². The number of hydrogen-bond donors (Lipinski definition) is 1. The number of aromatic nitrogens is 1. The second-order valence-electron chi connectivity index (χ2n) is 5.25. The van der Waals surface area contributed by atoms with Gasteiger partial charge in [-0.05, 0) is 50.5 Å². The number of likely N-dealkylation sites (tertiary alicyclic amines) is 1. The van der Waals surface area contributed by atoms with Gasteiger partial charge in [-0.3, -0.25) is 0 Å². The maximum absolute atomic E-state index is 5.39. The quantitative estimate of drug-likeness (QED) is 0.916. The molecule has 0 atom stereocenters. The second kappa shape index (κ2) is 5.61. The van der Waals surface area contributed by atoms with Crippen molar-refractivity contribution in [2.45, 2.75) is 19.8 Å². The van der Waals surface area contributed by atoms with Crippen molar-refractivity contribution >= 4 is 16.8 Å². The Morgan fingerprint density at radius 2 is 2.21 bits per heavy atom. The molecule has 2 aromatic rings. The lowest BCUT2D eigenvalue weighted by atomic mass is 9.97. The summed E-state index contributed by atoms with van der Waals surface area (Å²) in [6.45, 7) is 6.88. The summed E-state index contributed by atoms with van der Waals surface area (Å²) in [5.41, 5.74) is 0.901. The Morgan fingerprint density at radius 1 is 1.37 bits per heavy atom. The molecule has 1 N–H and O–H groups in total. The molecule has 1 fully saturated rings. The first-order valence-corrected chi connectivity index (χ1v) is 7.15. The number of rotatable bonds is 4. The molecule has 0 spiro atoms. The lowest BCUT2D eigenvalue weighted by Gasteiger charge is -2.31. The van der Waals surface area contributed by atoms with Crippen molar-refractivity contribution in [3.63, 3.8) is 0 Å². The van der Waals surface area contributed by atoms with Gasteiger partial charge < -0.3 is 14.6 Å². The highest BCUT2D eigenvalue weighted by molar-refractivity contribution is 5.87. The second-order valence-corrected chi connectivity index (χ2v) is 5.25. The Kier molecular flexibility index (Phi) is 3.69. The number of piperidine rings is 1. The summed E-state index contributed by atoms with van der Waals surface area (Å²) in [7, 11) is 0. The maximum atomic E-state index is 5.39. The number of fused-ring (bicyclic) bond motifs is 1. The molecule has 0 amide bonds. The first-order chi connectivity index (χ1) is 9.36. The smallest absolute Gasteiger partial charge is 0.139 e. The van der Waals surface area contributed by atoms with E-state index in [0.29, 0.717) is 0 Å². The van der Waals surface area contributed by atoms with Gasteiger partial charge in [0.1, 0.15) is 11.4 Å². The van der Waals surface area contributed by atoms with Crippen LogP contribution in [0.5, 0.6) is 0 Å². The van der Waals surface area contributed by atoms with Crippen LogP contribution in [0.4, 0.5) is 5.82 Å². The highest BCUT2D eigenvalue weighted by atomic mass is 16.3. The predicted octanol–water partition coefficient (Wildman–Crippen LogP) is 2.97. The monoisotopic (exact) mass is 259 g/mol. The first kappa shape index (κ1) is 12.5. The molecule has 0 aliphatic carbocycles. The van der Waals surface area contributed by atoms with Crippen LogP contribution in [-0.4, -0.2) is 36.1 Å². The van der Waals surface area contributed by atoms with Gasteiger partial charge in [0, 0.05) is 12.7 Å². The molecule has 0 saturated carbocycles. The largest absolute Gasteiger partial charge is 0.464 e. The van der Waals surface area contributed by atoms with E-state index in [9.17, 15) is 0 Å². The summed E-state index contributed by atoms with van der Waals surface area (Å²) < 4.78 is 5.39. The Morgan fingerprint density at radius 3 is 3.00 bits per heavy atom. The zero-order valence-electron chi connectivity index (χ0n) is 11.4.